The highest BCUT2D eigenvalue weighted by Gasteiger charge is 2.27. The quantitative estimate of drug-likeness (QED) is 0.327. The second kappa shape index (κ2) is 8.76. The first kappa shape index (κ1) is 21.6. The molecular formula is C28H25ClN6O. The predicted molar refractivity (Wildman–Crippen MR) is 138 cm³/mol. The van der Waals surface area contributed by atoms with E-state index < -0.39 is 0 Å². The van der Waals surface area contributed by atoms with Crippen molar-refractivity contribution in [2.75, 3.05) is 13.2 Å². The molecule has 1 unspecified atom stereocenters. The van der Waals surface area contributed by atoms with E-state index in [0.717, 1.165) is 73.0 Å². The van der Waals surface area contributed by atoms with Crippen LogP contribution in [0.4, 0.5) is 0 Å². The number of aromatic nitrogens is 6. The second-order valence-electron chi connectivity index (χ2n) is 9.61. The zero-order valence-electron chi connectivity index (χ0n) is 19.7. The Morgan fingerprint density at radius 2 is 1.94 bits per heavy atom. The third-order valence-corrected chi connectivity index (χ3v) is 7.33. The highest BCUT2D eigenvalue weighted by molar-refractivity contribution is 6.31. The molecule has 7 nitrogen and oxygen atoms in total. The summed E-state index contributed by atoms with van der Waals surface area (Å²) >= 11 is 6.45. The highest BCUT2D eigenvalue weighted by atomic mass is 35.5. The predicted octanol–water partition coefficient (Wildman–Crippen LogP) is 5.24. The normalized spacial score (nSPS) is 16.4. The standard InChI is InChI=1S/C28H25ClN6O/c29-23-6-7-25-24(11-23)27-21(15-34(32-27)14-20-8-9-36-17-20)10-26-28(30-18-35(25)26)22-12-31-33(16-22)13-19-4-2-1-3-5-19/h1-7,11-12,15-16,18,20H,8-10,13-14,17H2. The fourth-order valence-electron chi connectivity index (χ4n) is 5.33. The van der Waals surface area contributed by atoms with Gasteiger partial charge in [0.2, 0.25) is 0 Å². The van der Waals surface area contributed by atoms with Crippen molar-refractivity contribution in [3.05, 3.63) is 95.3 Å². The average Bonchev–Trinajstić information content (AvgIpc) is 3.68. The Bertz CT molecular complexity index is 1540. The summed E-state index contributed by atoms with van der Waals surface area (Å²) in [6.07, 6.45) is 9.88. The largest absolute Gasteiger partial charge is 0.381 e. The summed E-state index contributed by atoms with van der Waals surface area (Å²) in [5, 5.41) is 10.3. The Labute approximate surface area is 213 Å². The van der Waals surface area contributed by atoms with Gasteiger partial charge in [-0.05, 0) is 30.2 Å². The third-order valence-electron chi connectivity index (χ3n) is 7.10. The number of fused-ring (bicyclic) bond motifs is 5. The van der Waals surface area contributed by atoms with Gasteiger partial charge in [-0.2, -0.15) is 10.2 Å². The number of ether oxygens (including phenoxy) is 1. The van der Waals surface area contributed by atoms with Gasteiger partial charge in [0.1, 0.15) is 6.33 Å². The number of rotatable bonds is 5. The molecule has 8 heteroatoms. The van der Waals surface area contributed by atoms with Gasteiger partial charge in [-0.3, -0.25) is 9.36 Å². The Morgan fingerprint density at radius 3 is 2.81 bits per heavy atom. The van der Waals surface area contributed by atoms with E-state index in [-0.39, 0.29) is 0 Å². The molecule has 180 valence electrons. The number of nitrogens with zero attached hydrogens (tertiary/aromatic N) is 6. The molecule has 5 aromatic rings. The van der Waals surface area contributed by atoms with Crippen LogP contribution in [-0.4, -0.2) is 42.3 Å². The molecule has 2 aromatic carbocycles. The minimum Gasteiger partial charge on any atom is -0.381 e. The van der Waals surface area contributed by atoms with E-state index in [1.165, 1.54) is 11.1 Å². The lowest BCUT2D eigenvalue weighted by Gasteiger charge is -2.11. The molecule has 0 N–H and O–H groups in total. The maximum atomic E-state index is 6.45. The Hall–Kier alpha value is -3.68. The molecule has 0 aliphatic carbocycles. The molecule has 0 radical (unpaired) electrons. The lowest BCUT2D eigenvalue weighted by molar-refractivity contribution is 0.181. The molecule has 1 fully saturated rings. The monoisotopic (exact) mass is 496 g/mol. The molecule has 0 amide bonds. The van der Waals surface area contributed by atoms with Crippen LogP contribution in [0.15, 0.2) is 73.4 Å². The summed E-state index contributed by atoms with van der Waals surface area (Å²) in [5.41, 5.74) is 8.52. The van der Waals surface area contributed by atoms with Crippen molar-refractivity contribution < 1.29 is 4.74 Å². The van der Waals surface area contributed by atoms with E-state index in [1.54, 1.807) is 0 Å². The summed E-state index contributed by atoms with van der Waals surface area (Å²) in [4.78, 5) is 4.85. The Morgan fingerprint density at radius 1 is 1.03 bits per heavy atom. The lowest BCUT2D eigenvalue weighted by atomic mass is 10.0. The van der Waals surface area contributed by atoms with Gasteiger partial charge in [-0.15, -0.1) is 0 Å². The van der Waals surface area contributed by atoms with Crippen molar-refractivity contribution in [2.24, 2.45) is 5.92 Å². The Kier molecular flexibility index (Phi) is 5.26. The van der Waals surface area contributed by atoms with E-state index in [4.69, 9.17) is 26.4 Å². The minimum atomic E-state index is 0.504. The van der Waals surface area contributed by atoms with Gasteiger partial charge in [-0.1, -0.05) is 41.9 Å². The van der Waals surface area contributed by atoms with Crippen molar-refractivity contribution in [1.29, 1.82) is 0 Å². The van der Waals surface area contributed by atoms with Gasteiger partial charge in [0.25, 0.3) is 0 Å². The van der Waals surface area contributed by atoms with Crippen LogP contribution in [0.5, 0.6) is 0 Å². The van der Waals surface area contributed by atoms with Crippen LogP contribution >= 0.6 is 11.6 Å². The van der Waals surface area contributed by atoms with E-state index >= 15 is 0 Å². The first-order valence-corrected chi connectivity index (χ1v) is 12.7. The van der Waals surface area contributed by atoms with Crippen molar-refractivity contribution in [1.82, 2.24) is 29.1 Å². The minimum absolute atomic E-state index is 0.504. The topological polar surface area (TPSA) is 62.7 Å². The molecule has 36 heavy (non-hydrogen) atoms. The van der Waals surface area contributed by atoms with Crippen LogP contribution in [0.2, 0.25) is 5.02 Å². The third kappa shape index (κ3) is 3.85. The maximum absolute atomic E-state index is 6.45. The van der Waals surface area contributed by atoms with Crippen LogP contribution < -0.4 is 0 Å². The molecule has 2 aliphatic rings. The SMILES string of the molecule is Clc1ccc2c(c1)-c1nn(CC3CCOC3)cc1Cc1c(-c3cnn(Cc4ccccc4)c3)ncn1-2. The molecule has 7 rings (SSSR count). The number of halogens is 1. The van der Waals surface area contributed by atoms with Crippen LogP contribution in [0.3, 0.4) is 0 Å². The van der Waals surface area contributed by atoms with Gasteiger partial charge in [-0.25, -0.2) is 4.98 Å². The van der Waals surface area contributed by atoms with Crippen LogP contribution in [0.1, 0.15) is 23.2 Å². The summed E-state index contributed by atoms with van der Waals surface area (Å²) in [5.74, 6) is 0.504. The molecule has 0 spiro atoms. The zero-order valence-corrected chi connectivity index (χ0v) is 20.5. The molecule has 5 heterocycles. The van der Waals surface area contributed by atoms with Crippen molar-refractivity contribution in [2.45, 2.75) is 25.9 Å². The molecule has 0 bridgehead atoms. The number of hydrogen-bond acceptors (Lipinski definition) is 4. The van der Waals surface area contributed by atoms with E-state index in [9.17, 15) is 0 Å². The molecular weight excluding hydrogens is 472 g/mol. The fourth-order valence-corrected chi connectivity index (χ4v) is 5.50. The number of imidazole rings is 1. The van der Waals surface area contributed by atoms with E-state index in [2.05, 4.69) is 57.1 Å². The van der Waals surface area contributed by atoms with Gasteiger partial charge in [0.15, 0.2) is 0 Å². The first-order valence-electron chi connectivity index (χ1n) is 12.3. The summed E-state index contributed by atoms with van der Waals surface area (Å²) in [6.45, 7) is 3.22. The van der Waals surface area contributed by atoms with Crippen molar-refractivity contribution in [3.8, 4) is 28.2 Å². The Balaban J connectivity index is 1.28. The summed E-state index contributed by atoms with van der Waals surface area (Å²) in [6, 6.07) is 16.4. The number of benzene rings is 2. The van der Waals surface area contributed by atoms with Crippen molar-refractivity contribution in [3.63, 3.8) is 0 Å². The van der Waals surface area contributed by atoms with Gasteiger partial charge in [0, 0.05) is 59.6 Å². The summed E-state index contributed by atoms with van der Waals surface area (Å²) < 4.78 is 11.8. The second-order valence-corrected chi connectivity index (χ2v) is 10.1. The highest BCUT2D eigenvalue weighted by Crippen LogP contribution is 2.38. The fraction of sp³-hybridized carbons (Fsp3) is 0.250. The van der Waals surface area contributed by atoms with Crippen LogP contribution in [0.25, 0.3) is 28.2 Å². The van der Waals surface area contributed by atoms with Crippen molar-refractivity contribution >= 4 is 11.6 Å². The van der Waals surface area contributed by atoms with E-state index in [0.29, 0.717) is 10.9 Å². The molecule has 1 atom stereocenters. The molecule has 3 aromatic heterocycles. The smallest absolute Gasteiger partial charge is 0.100 e. The molecule has 0 saturated carbocycles. The zero-order chi connectivity index (χ0) is 24.1. The lowest BCUT2D eigenvalue weighted by Crippen LogP contribution is -2.11. The first-order chi connectivity index (χ1) is 17.7. The molecule has 1 saturated heterocycles. The average molecular weight is 497 g/mol. The van der Waals surface area contributed by atoms with E-state index in [1.807, 2.05) is 35.4 Å². The van der Waals surface area contributed by atoms with Gasteiger partial charge < -0.3 is 9.30 Å². The van der Waals surface area contributed by atoms with Gasteiger partial charge in [0.05, 0.1) is 42.1 Å². The maximum Gasteiger partial charge on any atom is 0.100 e. The number of hydrogen-bond donors (Lipinski definition) is 0. The summed E-state index contributed by atoms with van der Waals surface area (Å²) in [7, 11) is 0. The van der Waals surface area contributed by atoms with Gasteiger partial charge >= 0.3 is 0 Å². The van der Waals surface area contributed by atoms with Crippen LogP contribution in [-0.2, 0) is 24.2 Å². The molecule has 2 aliphatic heterocycles. The van der Waals surface area contributed by atoms with Crippen LogP contribution in [0, 0.1) is 5.92 Å².